The normalized spacial score (nSPS) is 16.2. The summed E-state index contributed by atoms with van der Waals surface area (Å²) >= 11 is 0. The van der Waals surface area contributed by atoms with E-state index in [1.54, 1.807) is 0 Å². The van der Waals surface area contributed by atoms with Gasteiger partial charge in [-0.15, -0.1) is 0 Å². The Hall–Kier alpha value is -1.64. The van der Waals surface area contributed by atoms with Crippen LogP contribution >= 0.6 is 0 Å². The monoisotopic (exact) mass is 266 g/mol. The number of ether oxygens (including phenoxy) is 1. The van der Waals surface area contributed by atoms with Crippen molar-refractivity contribution in [1.82, 2.24) is 4.90 Å². The Kier molecular flexibility index (Phi) is 4.46. The zero-order chi connectivity index (χ0) is 13.6. The molecule has 0 aromatic heterocycles. The van der Waals surface area contributed by atoms with Crippen molar-refractivity contribution in [3.8, 4) is 11.1 Å². The molecule has 103 valence electrons. The Morgan fingerprint density at radius 1 is 1.00 bits per heavy atom. The number of hydrogen-bond acceptors (Lipinski definition) is 2. The molecular weight excluding hydrogens is 246 g/mol. The lowest BCUT2D eigenvalue weighted by atomic mass is 10.0. The standard InChI is InChI=1S/C18H20NO/c1-2-6-17(7-3-1)18-8-4-5-16(15-18)9-10-19-11-13-20-14-12-19/h2-8,15H,9-14H2. The molecule has 2 aromatic rings. The fourth-order valence-electron chi connectivity index (χ4n) is 2.60. The predicted octanol–water partition coefficient (Wildman–Crippen LogP) is 3.03. The first-order valence-electron chi connectivity index (χ1n) is 7.27. The summed E-state index contributed by atoms with van der Waals surface area (Å²) in [6.07, 6.45) is 1.10. The Labute approximate surface area is 121 Å². The van der Waals surface area contributed by atoms with E-state index >= 15 is 0 Å². The van der Waals surface area contributed by atoms with Gasteiger partial charge in [0.15, 0.2) is 0 Å². The van der Waals surface area contributed by atoms with E-state index in [0.717, 1.165) is 39.3 Å². The maximum atomic E-state index is 5.38. The molecule has 0 atom stereocenters. The van der Waals surface area contributed by atoms with E-state index in [2.05, 4.69) is 47.4 Å². The SMILES string of the molecule is [c]1ccc(-c2cccc(CCN3CCOCC3)c2)cc1. The van der Waals surface area contributed by atoms with Gasteiger partial charge in [0.1, 0.15) is 0 Å². The highest BCUT2D eigenvalue weighted by molar-refractivity contribution is 5.63. The van der Waals surface area contributed by atoms with Crippen molar-refractivity contribution in [3.63, 3.8) is 0 Å². The Bertz CT molecular complexity index is 532. The van der Waals surface area contributed by atoms with Gasteiger partial charge in [0.05, 0.1) is 13.2 Å². The molecule has 2 heteroatoms. The molecule has 0 unspecified atom stereocenters. The Balaban J connectivity index is 1.65. The van der Waals surface area contributed by atoms with E-state index in [0.29, 0.717) is 0 Å². The molecular formula is C18H20NO. The van der Waals surface area contributed by atoms with E-state index in [-0.39, 0.29) is 0 Å². The number of nitrogens with zero attached hydrogens (tertiary/aromatic N) is 1. The average Bonchev–Trinajstić information content (AvgIpc) is 2.55. The lowest BCUT2D eigenvalue weighted by Gasteiger charge is -2.26. The van der Waals surface area contributed by atoms with Crippen LogP contribution in [0.25, 0.3) is 11.1 Å². The van der Waals surface area contributed by atoms with E-state index in [9.17, 15) is 0 Å². The lowest BCUT2D eigenvalue weighted by molar-refractivity contribution is 0.0384. The molecule has 0 aliphatic carbocycles. The van der Waals surface area contributed by atoms with Crippen LogP contribution < -0.4 is 0 Å². The maximum Gasteiger partial charge on any atom is 0.0594 e. The number of morpholine rings is 1. The number of hydrogen-bond donors (Lipinski definition) is 0. The molecule has 20 heavy (non-hydrogen) atoms. The average molecular weight is 266 g/mol. The summed E-state index contributed by atoms with van der Waals surface area (Å²) in [7, 11) is 0. The summed E-state index contributed by atoms with van der Waals surface area (Å²) in [5, 5.41) is 0. The van der Waals surface area contributed by atoms with E-state index < -0.39 is 0 Å². The van der Waals surface area contributed by atoms with Gasteiger partial charge in [0.2, 0.25) is 0 Å². The molecule has 1 saturated heterocycles. The number of benzene rings is 2. The lowest BCUT2D eigenvalue weighted by Crippen LogP contribution is -2.37. The molecule has 1 heterocycles. The minimum Gasteiger partial charge on any atom is -0.379 e. The van der Waals surface area contributed by atoms with Crippen LogP contribution in [-0.4, -0.2) is 37.7 Å². The van der Waals surface area contributed by atoms with E-state index in [1.807, 2.05) is 12.1 Å². The first-order valence-corrected chi connectivity index (χ1v) is 7.27. The van der Waals surface area contributed by atoms with Crippen molar-refractivity contribution in [3.05, 3.63) is 60.2 Å². The first kappa shape index (κ1) is 13.3. The predicted molar refractivity (Wildman–Crippen MR) is 81.7 cm³/mol. The molecule has 1 fully saturated rings. The molecule has 0 N–H and O–H groups in total. The highest BCUT2D eigenvalue weighted by Crippen LogP contribution is 2.20. The summed E-state index contributed by atoms with van der Waals surface area (Å²) < 4.78 is 5.38. The van der Waals surface area contributed by atoms with Crippen LogP contribution in [0.4, 0.5) is 0 Å². The molecule has 0 saturated carbocycles. The summed E-state index contributed by atoms with van der Waals surface area (Å²) in [6.45, 7) is 5.00. The fourth-order valence-corrected chi connectivity index (χ4v) is 2.60. The topological polar surface area (TPSA) is 12.5 Å². The summed E-state index contributed by atoms with van der Waals surface area (Å²) in [5.41, 5.74) is 3.96. The smallest absolute Gasteiger partial charge is 0.0594 e. The van der Waals surface area contributed by atoms with Gasteiger partial charge in [-0.2, -0.15) is 0 Å². The molecule has 2 aromatic carbocycles. The first-order chi connectivity index (χ1) is 9.92. The second-order valence-corrected chi connectivity index (χ2v) is 5.19. The minimum absolute atomic E-state index is 0.876. The second kappa shape index (κ2) is 6.69. The number of rotatable bonds is 4. The van der Waals surface area contributed by atoms with Crippen LogP contribution in [-0.2, 0) is 11.2 Å². The third-order valence-corrected chi connectivity index (χ3v) is 3.80. The van der Waals surface area contributed by atoms with Crippen LogP contribution in [0, 0.1) is 6.07 Å². The molecule has 2 nitrogen and oxygen atoms in total. The van der Waals surface area contributed by atoms with Gasteiger partial charge in [-0.25, -0.2) is 0 Å². The summed E-state index contributed by atoms with van der Waals surface area (Å²) in [5.74, 6) is 0. The summed E-state index contributed by atoms with van der Waals surface area (Å²) in [6, 6.07) is 20.1. The second-order valence-electron chi connectivity index (χ2n) is 5.19. The van der Waals surface area contributed by atoms with Crippen molar-refractivity contribution in [2.75, 3.05) is 32.8 Å². The minimum atomic E-state index is 0.876. The molecule has 1 radical (unpaired) electrons. The van der Waals surface area contributed by atoms with E-state index in [4.69, 9.17) is 4.74 Å². The third kappa shape index (κ3) is 3.47. The maximum absolute atomic E-state index is 5.38. The Morgan fingerprint density at radius 3 is 2.60 bits per heavy atom. The van der Waals surface area contributed by atoms with Crippen molar-refractivity contribution < 1.29 is 4.74 Å². The third-order valence-electron chi connectivity index (χ3n) is 3.80. The van der Waals surface area contributed by atoms with Crippen LogP contribution in [0.1, 0.15) is 5.56 Å². The van der Waals surface area contributed by atoms with Gasteiger partial charge in [-0.3, -0.25) is 4.90 Å². The van der Waals surface area contributed by atoms with Gasteiger partial charge in [-0.1, -0.05) is 48.5 Å². The van der Waals surface area contributed by atoms with Crippen molar-refractivity contribution >= 4 is 0 Å². The van der Waals surface area contributed by atoms with Gasteiger partial charge in [-0.05, 0) is 29.2 Å². The zero-order valence-corrected chi connectivity index (χ0v) is 11.7. The van der Waals surface area contributed by atoms with Crippen LogP contribution in [0.15, 0.2) is 48.5 Å². The molecule has 0 bridgehead atoms. The Morgan fingerprint density at radius 2 is 1.80 bits per heavy atom. The fraction of sp³-hybridized carbons (Fsp3) is 0.333. The molecule has 1 aliphatic rings. The molecule has 0 amide bonds. The van der Waals surface area contributed by atoms with Gasteiger partial charge in [0, 0.05) is 19.6 Å². The van der Waals surface area contributed by atoms with Gasteiger partial charge < -0.3 is 4.74 Å². The molecule has 0 spiro atoms. The zero-order valence-electron chi connectivity index (χ0n) is 11.7. The van der Waals surface area contributed by atoms with Crippen molar-refractivity contribution in [1.29, 1.82) is 0 Å². The quantitative estimate of drug-likeness (QED) is 0.843. The van der Waals surface area contributed by atoms with Crippen LogP contribution in [0.2, 0.25) is 0 Å². The highest BCUT2D eigenvalue weighted by Gasteiger charge is 2.09. The highest BCUT2D eigenvalue weighted by atomic mass is 16.5. The van der Waals surface area contributed by atoms with Gasteiger partial charge >= 0.3 is 0 Å². The molecule has 1 aliphatic heterocycles. The van der Waals surface area contributed by atoms with Crippen molar-refractivity contribution in [2.24, 2.45) is 0 Å². The van der Waals surface area contributed by atoms with E-state index in [1.165, 1.54) is 16.7 Å². The molecule has 3 rings (SSSR count). The van der Waals surface area contributed by atoms with Crippen LogP contribution in [0.3, 0.4) is 0 Å². The van der Waals surface area contributed by atoms with Gasteiger partial charge in [0.25, 0.3) is 0 Å². The largest absolute Gasteiger partial charge is 0.379 e. The van der Waals surface area contributed by atoms with Crippen LogP contribution in [0.5, 0.6) is 0 Å². The van der Waals surface area contributed by atoms with Crippen molar-refractivity contribution in [2.45, 2.75) is 6.42 Å². The summed E-state index contributed by atoms with van der Waals surface area (Å²) in [4.78, 5) is 2.48.